The monoisotopic (exact) mass is 235 g/mol. The Morgan fingerprint density at radius 3 is 2.56 bits per heavy atom. The fourth-order valence-electron chi connectivity index (χ4n) is 1.48. The van der Waals surface area contributed by atoms with E-state index in [4.69, 9.17) is 10.00 Å². The van der Waals surface area contributed by atoms with E-state index in [0.717, 1.165) is 24.3 Å². The van der Waals surface area contributed by atoms with Crippen LogP contribution in [-0.4, -0.2) is 12.4 Å². The largest absolute Gasteiger partial charge is 0.493 e. The quantitative estimate of drug-likeness (QED) is 0.768. The molecule has 0 N–H and O–H groups in total. The summed E-state index contributed by atoms with van der Waals surface area (Å²) in [6.07, 6.45) is 2.29. The van der Waals surface area contributed by atoms with Gasteiger partial charge in [0, 0.05) is 5.92 Å². The van der Waals surface area contributed by atoms with Gasteiger partial charge in [0.25, 0.3) is 0 Å². The third-order valence-corrected chi connectivity index (χ3v) is 2.94. The first-order chi connectivity index (χ1) is 7.80. The predicted molar refractivity (Wildman–Crippen MR) is 68.9 cm³/mol. The van der Waals surface area contributed by atoms with Gasteiger partial charge < -0.3 is 4.74 Å². The Balaban J connectivity index is 2.44. The molecule has 1 unspecified atom stereocenters. The van der Waals surface area contributed by atoms with Gasteiger partial charge in [-0.05, 0) is 36.4 Å². The van der Waals surface area contributed by atoms with Crippen LogP contribution in [0.25, 0.3) is 0 Å². The van der Waals surface area contributed by atoms with E-state index in [0.29, 0.717) is 18.1 Å². The number of benzene rings is 1. The second-order valence-corrected chi connectivity index (χ2v) is 4.15. The topological polar surface area (TPSA) is 33.0 Å². The summed E-state index contributed by atoms with van der Waals surface area (Å²) in [5.74, 6) is 2.18. The standard InChI is InChI=1S/C13H17NOS/c1-2-3-12(10-16)9-15-13-6-4-11(8-14)5-7-13/h4-7,12,16H,2-3,9-10H2,1H3. The number of nitriles is 1. The summed E-state index contributed by atoms with van der Waals surface area (Å²) in [5, 5.41) is 8.65. The molecule has 0 spiro atoms. The highest BCUT2D eigenvalue weighted by molar-refractivity contribution is 7.80. The van der Waals surface area contributed by atoms with Gasteiger partial charge in [-0.1, -0.05) is 13.3 Å². The van der Waals surface area contributed by atoms with Crippen molar-refractivity contribution in [3.05, 3.63) is 29.8 Å². The van der Waals surface area contributed by atoms with E-state index in [2.05, 4.69) is 25.6 Å². The lowest BCUT2D eigenvalue weighted by Crippen LogP contribution is -2.13. The predicted octanol–water partition coefficient (Wildman–Crippen LogP) is 3.28. The SMILES string of the molecule is CCCC(CS)COc1ccc(C#N)cc1. The maximum atomic E-state index is 8.65. The number of thiol groups is 1. The normalized spacial score (nSPS) is 11.8. The Bertz CT molecular complexity index is 342. The molecule has 0 saturated carbocycles. The van der Waals surface area contributed by atoms with E-state index >= 15 is 0 Å². The van der Waals surface area contributed by atoms with Crippen LogP contribution in [0.2, 0.25) is 0 Å². The van der Waals surface area contributed by atoms with Crippen LogP contribution in [0, 0.1) is 17.2 Å². The molecule has 0 aliphatic carbocycles. The summed E-state index contributed by atoms with van der Waals surface area (Å²) >= 11 is 4.30. The van der Waals surface area contributed by atoms with E-state index in [1.54, 1.807) is 12.1 Å². The molecular weight excluding hydrogens is 218 g/mol. The van der Waals surface area contributed by atoms with E-state index in [1.165, 1.54) is 0 Å². The van der Waals surface area contributed by atoms with Crippen molar-refractivity contribution in [1.29, 1.82) is 5.26 Å². The lowest BCUT2D eigenvalue weighted by molar-refractivity contribution is 0.254. The minimum absolute atomic E-state index is 0.504. The number of hydrogen-bond acceptors (Lipinski definition) is 3. The molecule has 0 aliphatic heterocycles. The average molecular weight is 235 g/mol. The van der Waals surface area contributed by atoms with Crippen LogP contribution in [-0.2, 0) is 0 Å². The second kappa shape index (κ2) is 7.19. The van der Waals surface area contributed by atoms with Crippen LogP contribution in [0.3, 0.4) is 0 Å². The average Bonchev–Trinajstić information content (AvgIpc) is 2.35. The summed E-state index contributed by atoms with van der Waals surface area (Å²) < 4.78 is 5.65. The van der Waals surface area contributed by atoms with Gasteiger partial charge in [-0.15, -0.1) is 0 Å². The van der Waals surface area contributed by atoms with Crippen molar-refractivity contribution in [3.8, 4) is 11.8 Å². The Labute approximate surface area is 103 Å². The Morgan fingerprint density at radius 1 is 1.38 bits per heavy atom. The maximum Gasteiger partial charge on any atom is 0.119 e. The molecule has 0 radical (unpaired) electrons. The molecule has 0 saturated heterocycles. The van der Waals surface area contributed by atoms with Crippen molar-refractivity contribution in [2.75, 3.05) is 12.4 Å². The van der Waals surface area contributed by atoms with E-state index in [-0.39, 0.29) is 0 Å². The zero-order chi connectivity index (χ0) is 11.8. The number of nitrogens with zero attached hydrogens (tertiary/aromatic N) is 1. The highest BCUT2D eigenvalue weighted by Crippen LogP contribution is 2.15. The van der Waals surface area contributed by atoms with Crippen molar-refractivity contribution >= 4 is 12.6 Å². The molecule has 0 aliphatic rings. The lowest BCUT2D eigenvalue weighted by atomic mass is 10.1. The van der Waals surface area contributed by atoms with Gasteiger partial charge in [0.1, 0.15) is 5.75 Å². The van der Waals surface area contributed by atoms with Crippen LogP contribution in [0.5, 0.6) is 5.75 Å². The first-order valence-electron chi connectivity index (χ1n) is 5.54. The van der Waals surface area contributed by atoms with Crippen molar-refractivity contribution in [2.24, 2.45) is 5.92 Å². The molecule has 3 heteroatoms. The highest BCUT2D eigenvalue weighted by Gasteiger charge is 2.06. The lowest BCUT2D eigenvalue weighted by Gasteiger charge is -2.14. The van der Waals surface area contributed by atoms with Crippen molar-refractivity contribution < 1.29 is 4.74 Å². The molecule has 0 heterocycles. The third-order valence-electron chi connectivity index (χ3n) is 2.42. The molecule has 1 rings (SSSR count). The van der Waals surface area contributed by atoms with Crippen LogP contribution in [0.1, 0.15) is 25.3 Å². The molecule has 0 amide bonds. The van der Waals surface area contributed by atoms with E-state index in [9.17, 15) is 0 Å². The fourth-order valence-corrected chi connectivity index (χ4v) is 1.76. The molecule has 16 heavy (non-hydrogen) atoms. The third kappa shape index (κ3) is 4.16. The van der Waals surface area contributed by atoms with Crippen molar-refractivity contribution in [2.45, 2.75) is 19.8 Å². The summed E-state index contributed by atoms with van der Waals surface area (Å²) in [5.41, 5.74) is 0.659. The van der Waals surface area contributed by atoms with E-state index in [1.807, 2.05) is 12.1 Å². The molecule has 1 aromatic carbocycles. The van der Waals surface area contributed by atoms with E-state index < -0.39 is 0 Å². The van der Waals surface area contributed by atoms with Gasteiger partial charge >= 0.3 is 0 Å². The molecule has 0 bridgehead atoms. The van der Waals surface area contributed by atoms with Crippen molar-refractivity contribution in [3.63, 3.8) is 0 Å². The minimum atomic E-state index is 0.504. The second-order valence-electron chi connectivity index (χ2n) is 3.78. The first-order valence-corrected chi connectivity index (χ1v) is 6.17. The van der Waals surface area contributed by atoms with Crippen LogP contribution in [0.4, 0.5) is 0 Å². The first kappa shape index (κ1) is 12.9. The van der Waals surface area contributed by atoms with Crippen LogP contribution >= 0.6 is 12.6 Å². The molecule has 0 aromatic heterocycles. The molecule has 1 aromatic rings. The fraction of sp³-hybridized carbons (Fsp3) is 0.462. The molecule has 0 fully saturated rings. The van der Waals surface area contributed by atoms with Crippen LogP contribution in [0.15, 0.2) is 24.3 Å². The zero-order valence-corrected chi connectivity index (χ0v) is 10.4. The smallest absolute Gasteiger partial charge is 0.119 e. The Kier molecular flexibility index (Phi) is 5.81. The van der Waals surface area contributed by atoms with Gasteiger partial charge in [-0.25, -0.2) is 0 Å². The summed E-state index contributed by atoms with van der Waals surface area (Å²) in [4.78, 5) is 0. The summed E-state index contributed by atoms with van der Waals surface area (Å²) in [7, 11) is 0. The Hall–Kier alpha value is -1.14. The number of hydrogen-bond donors (Lipinski definition) is 1. The summed E-state index contributed by atoms with van der Waals surface area (Å²) in [6.45, 7) is 2.86. The zero-order valence-electron chi connectivity index (χ0n) is 9.52. The maximum absolute atomic E-state index is 8.65. The van der Waals surface area contributed by atoms with Gasteiger partial charge in [0.05, 0.1) is 18.2 Å². The number of ether oxygens (including phenoxy) is 1. The van der Waals surface area contributed by atoms with Gasteiger partial charge in [-0.3, -0.25) is 0 Å². The number of rotatable bonds is 6. The highest BCUT2D eigenvalue weighted by atomic mass is 32.1. The summed E-state index contributed by atoms with van der Waals surface area (Å²) in [6, 6.07) is 9.29. The van der Waals surface area contributed by atoms with Gasteiger partial charge in [0.15, 0.2) is 0 Å². The van der Waals surface area contributed by atoms with Crippen molar-refractivity contribution in [1.82, 2.24) is 0 Å². The molecular formula is C13H17NOS. The van der Waals surface area contributed by atoms with Crippen LogP contribution < -0.4 is 4.74 Å². The minimum Gasteiger partial charge on any atom is -0.493 e. The molecule has 1 atom stereocenters. The van der Waals surface area contributed by atoms with Gasteiger partial charge in [0.2, 0.25) is 0 Å². The van der Waals surface area contributed by atoms with Gasteiger partial charge in [-0.2, -0.15) is 17.9 Å². The molecule has 86 valence electrons. The molecule has 2 nitrogen and oxygen atoms in total. The Morgan fingerprint density at radius 2 is 2.06 bits per heavy atom.